The van der Waals surface area contributed by atoms with E-state index in [1.807, 2.05) is 0 Å². The Labute approximate surface area is 162 Å². The van der Waals surface area contributed by atoms with Crippen molar-refractivity contribution in [2.24, 2.45) is 0 Å². The molecule has 27 heavy (non-hydrogen) atoms. The van der Waals surface area contributed by atoms with Crippen molar-refractivity contribution in [3.63, 3.8) is 0 Å². The van der Waals surface area contributed by atoms with E-state index in [0.29, 0.717) is 17.1 Å². The highest BCUT2D eigenvalue weighted by Crippen LogP contribution is 2.32. The Hall–Kier alpha value is -2.74. The summed E-state index contributed by atoms with van der Waals surface area (Å²) < 4.78 is 9.32. The third-order valence-electron chi connectivity index (χ3n) is 4.03. The van der Waals surface area contributed by atoms with Crippen LogP contribution in [0.3, 0.4) is 0 Å². The monoisotopic (exact) mass is 381 g/mol. The summed E-state index contributed by atoms with van der Waals surface area (Å²) in [4.78, 5) is 35.3. The van der Waals surface area contributed by atoms with Crippen molar-refractivity contribution < 1.29 is 23.9 Å². The first-order chi connectivity index (χ1) is 12.9. The molecule has 0 saturated carbocycles. The minimum absolute atomic E-state index is 0.111. The Morgan fingerprint density at radius 1 is 1.15 bits per heavy atom. The van der Waals surface area contributed by atoms with E-state index >= 15 is 0 Å². The average molecular weight is 381 g/mol. The summed E-state index contributed by atoms with van der Waals surface area (Å²) in [7, 11) is 7.53. The fourth-order valence-electron chi connectivity index (χ4n) is 2.59. The minimum atomic E-state index is -1.30. The van der Waals surface area contributed by atoms with Gasteiger partial charge in [-0.15, -0.1) is 0 Å². The Balaban J connectivity index is 1.58. The third-order valence-corrected chi connectivity index (χ3v) is 5.01. The van der Waals surface area contributed by atoms with Crippen molar-refractivity contribution >= 4 is 36.5 Å². The summed E-state index contributed by atoms with van der Waals surface area (Å²) in [6.45, 7) is -0.111. The number of carbonyl (C=O) groups is 3. The lowest BCUT2D eigenvalue weighted by Gasteiger charge is -2.18. The molecule has 2 radical (unpaired) electrons. The van der Waals surface area contributed by atoms with Gasteiger partial charge in [-0.2, -0.15) is 0 Å². The highest BCUT2D eigenvalue weighted by molar-refractivity contribution is 8.17. The van der Waals surface area contributed by atoms with Gasteiger partial charge in [0.1, 0.15) is 19.3 Å². The van der Waals surface area contributed by atoms with E-state index in [2.05, 4.69) is 5.32 Å². The van der Waals surface area contributed by atoms with E-state index in [1.54, 1.807) is 48.5 Å². The largest absolute Gasteiger partial charge is 0.497 e. The molecule has 6 nitrogen and oxygen atoms in total. The summed E-state index contributed by atoms with van der Waals surface area (Å²) in [5, 5.41) is 1.74. The third kappa shape index (κ3) is 4.52. The number of ether oxygens (including phenoxy) is 2. The van der Waals surface area contributed by atoms with Crippen molar-refractivity contribution in [2.75, 3.05) is 13.7 Å². The lowest BCUT2D eigenvalue weighted by atomic mass is 9.80. The maximum Gasteiger partial charge on any atom is 0.285 e. The predicted molar refractivity (Wildman–Crippen MR) is 103 cm³/mol. The van der Waals surface area contributed by atoms with E-state index in [-0.39, 0.29) is 18.8 Å². The van der Waals surface area contributed by atoms with Crippen LogP contribution in [0.15, 0.2) is 48.5 Å². The zero-order chi connectivity index (χ0) is 19.4. The summed E-state index contributed by atoms with van der Waals surface area (Å²) in [6.07, 6.45) is 0.207. The van der Waals surface area contributed by atoms with Crippen molar-refractivity contribution in [1.29, 1.82) is 0 Å². The molecular formula is C19H16BNO5S. The molecule has 1 N–H and O–H groups in total. The van der Waals surface area contributed by atoms with Gasteiger partial charge in [-0.05, 0) is 36.2 Å². The van der Waals surface area contributed by atoms with Crippen molar-refractivity contribution in [3.05, 3.63) is 59.7 Å². The van der Waals surface area contributed by atoms with Crippen LogP contribution in [0.1, 0.15) is 15.9 Å². The number of amides is 2. The maximum absolute atomic E-state index is 12.2. The number of carbonyl (C=O) groups excluding carboxylic acids is 3. The molecule has 3 rings (SSSR count). The van der Waals surface area contributed by atoms with Crippen LogP contribution >= 0.6 is 11.8 Å². The van der Waals surface area contributed by atoms with E-state index in [0.717, 1.165) is 17.3 Å². The summed E-state index contributed by atoms with van der Waals surface area (Å²) >= 11 is 0.782. The molecule has 1 fully saturated rings. The van der Waals surface area contributed by atoms with Crippen molar-refractivity contribution in [3.8, 4) is 11.5 Å². The topological polar surface area (TPSA) is 81.7 Å². The maximum atomic E-state index is 12.2. The molecule has 0 aliphatic carbocycles. The van der Waals surface area contributed by atoms with E-state index in [4.69, 9.17) is 17.3 Å². The van der Waals surface area contributed by atoms with Gasteiger partial charge in [0.15, 0.2) is 12.4 Å². The first-order valence-electron chi connectivity index (χ1n) is 8.12. The molecule has 0 aromatic heterocycles. The van der Waals surface area contributed by atoms with Crippen LogP contribution in [0, 0.1) is 0 Å². The molecule has 0 spiro atoms. The van der Waals surface area contributed by atoms with E-state index in [1.165, 1.54) is 7.11 Å². The quantitative estimate of drug-likeness (QED) is 0.586. The summed E-state index contributed by atoms with van der Waals surface area (Å²) in [5.74, 6) is 0.451. The zero-order valence-corrected chi connectivity index (χ0v) is 15.4. The number of Topliss-reactive ketones (excluding diaryl/α,β-unsaturated/α-hetero) is 1. The van der Waals surface area contributed by atoms with Gasteiger partial charge >= 0.3 is 0 Å². The van der Waals surface area contributed by atoms with Crippen LogP contribution in [-0.4, -0.2) is 43.1 Å². The van der Waals surface area contributed by atoms with Gasteiger partial charge in [0, 0.05) is 5.56 Å². The molecule has 2 aromatic rings. The molecule has 0 bridgehead atoms. The Kier molecular flexibility index (Phi) is 5.55. The Bertz CT molecular complexity index is 886. The van der Waals surface area contributed by atoms with Gasteiger partial charge in [-0.1, -0.05) is 36.0 Å². The fourth-order valence-corrected chi connectivity index (χ4v) is 3.44. The second kappa shape index (κ2) is 7.88. The number of methoxy groups -OCH3 is 1. The molecule has 8 heteroatoms. The molecule has 1 saturated heterocycles. The van der Waals surface area contributed by atoms with Crippen LogP contribution in [-0.2, 0) is 11.2 Å². The Morgan fingerprint density at radius 2 is 1.89 bits per heavy atom. The number of rotatable bonds is 7. The standard InChI is InChI=1S/C19H16BNO5S/c1-25-15-4-2-3-13(9-15)16(22)11-26-14-7-5-12(6-8-14)10-19(20)17(23)21-18(24)27-19/h2-9H,10-11H2,1H3,(H,21,23,24)/t19-/m1/s1. The van der Waals surface area contributed by atoms with Crippen molar-refractivity contribution in [1.82, 2.24) is 5.32 Å². The van der Waals surface area contributed by atoms with Crippen LogP contribution in [0.5, 0.6) is 11.5 Å². The number of nitrogens with one attached hydrogen (secondary N) is 1. The number of ketones is 1. The van der Waals surface area contributed by atoms with E-state index < -0.39 is 15.8 Å². The zero-order valence-electron chi connectivity index (χ0n) is 14.6. The highest BCUT2D eigenvalue weighted by Gasteiger charge is 2.42. The Morgan fingerprint density at radius 3 is 2.52 bits per heavy atom. The molecule has 2 amide bonds. The summed E-state index contributed by atoms with van der Waals surface area (Å²) in [6, 6.07) is 13.7. The van der Waals surface area contributed by atoms with Gasteiger partial charge in [-0.3, -0.25) is 19.7 Å². The fraction of sp³-hybridized carbons (Fsp3) is 0.211. The van der Waals surface area contributed by atoms with Crippen molar-refractivity contribution in [2.45, 2.75) is 11.1 Å². The molecule has 1 atom stereocenters. The molecule has 1 aliphatic heterocycles. The normalized spacial score (nSPS) is 18.9. The number of benzene rings is 2. The smallest absolute Gasteiger partial charge is 0.285 e. The van der Waals surface area contributed by atoms with Gasteiger partial charge in [0.25, 0.3) is 5.24 Å². The molecule has 136 valence electrons. The van der Waals surface area contributed by atoms with Crippen LogP contribution in [0.25, 0.3) is 0 Å². The van der Waals surface area contributed by atoms with Gasteiger partial charge in [-0.25, -0.2) is 0 Å². The SMILES string of the molecule is [B][C@]1(Cc2ccc(OCC(=O)c3cccc(OC)c3)cc2)SC(=O)NC1=O. The lowest BCUT2D eigenvalue weighted by Crippen LogP contribution is -2.38. The van der Waals surface area contributed by atoms with Gasteiger partial charge in [0.05, 0.1) is 11.8 Å². The second-order valence-electron chi connectivity index (χ2n) is 6.00. The summed E-state index contributed by atoms with van der Waals surface area (Å²) in [5.41, 5.74) is 1.28. The average Bonchev–Trinajstić information content (AvgIpc) is 2.92. The number of thioether (sulfide) groups is 1. The first-order valence-corrected chi connectivity index (χ1v) is 8.93. The number of hydrogen-bond acceptors (Lipinski definition) is 6. The molecule has 0 unspecified atom stereocenters. The van der Waals surface area contributed by atoms with Crippen LogP contribution in [0.4, 0.5) is 4.79 Å². The molecular weight excluding hydrogens is 365 g/mol. The lowest BCUT2D eigenvalue weighted by molar-refractivity contribution is -0.119. The van der Waals surface area contributed by atoms with Crippen LogP contribution in [0.2, 0.25) is 0 Å². The number of hydrogen-bond donors (Lipinski definition) is 1. The van der Waals surface area contributed by atoms with Crippen LogP contribution < -0.4 is 14.8 Å². The molecule has 1 heterocycles. The first kappa shape index (κ1) is 19.0. The highest BCUT2D eigenvalue weighted by atomic mass is 32.2. The minimum Gasteiger partial charge on any atom is -0.497 e. The van der Waals surface area contributed by atoms with E-state index in [9.17, 15) is 14.4 Å². The molecule has 2 aromatic carbocycles. The van der Waals surface area contributed by atoms with Gasteiger partial charge < -0.3 is 9.47 Å². The molecule has 1 aliphatic rings. The van der Waals surface area contributed by atoms with Gasteiger partial charge in [0.2, 0.25) is 5.91 Å². The second-order valence-corrected chi connectivity index (χ2v) is 7.30. The number of imide groups is 1. The predicted octanol–water partition coefficient (Wildman–Crippen LogP) is 2.35.